The van der Waals surface area contributed by atoms with Crippen molar-refractivity contribution in [3.63, 3.8) is 0 Å². The monoisotopic (exact) mass is 398 g/mol. The zero-order chi connectivity index (χ0) is 20.1. The zero-order valence-electron chi connectivity index (χ0n) is 16.5. The van der Waals surface area contributed by atoms with E-state index in [0.717, 1.165) is 21.6 Å². The van der Waals surface area contributed by atoms with Gasteiger partial charge in [-0.2, -0.15) is 5.10 Å². The quantitative estimate of drug-likeness (QED) is 0.426. The van der Waals surface area contributed by atoms with Crippen LogP contribution in [0.3, 0.4) is 0 Å². The van der Waals surface area contributed by atoms with E-state index >= 15 is 0 Å². The molecule has 4 aromatic rings. The van der Waals surface area contributed by atoms with Gasteiger partial charge in [0, 0.05) is 28.9 Å². The molecule has 144 valence electrons. The minimum atomic E-state index is 0.621. The first kappa shape index (κ1) is 19.0. The molecule has 2 heterocycles. The highest BCUT2D eigenvalue weighted by Gasteiger charge is 2.08. The van der Waals surface area contributed by atoms with Crippen LogP contribution >= 0.6 is 11.3 Å². The lowest BCUT2D eigenvalue weighted by molar-refractivity contribution is 0.824. The van der Waals surface area contributed by atoms with Crippen molar-refractivity contribution < 1.29 is 0 Å². The molecule has 0 radical (unpaired) electrons. The molecule has 0 aliphatic carbocycles. The van der Waals surface area contributed by atoms with E-state index in [4.69, 9.17) is 10.1 Å². The van der Waals surface area contributed by atoms with Crippen LogP contribution in [0.4, 0.5) is 0 Å². The van der Waals surface area contributed by atoms with E-state index in [0.29, 0.717) is 6.54 Å². The smallest absolute Gasteiger partial charge is 0.206 e. The van der Waals surface area contributed by atoms with Crippen LogP contribution in [0.5, 0.6) is 0 Å². The normalized spacial score (nSPS) is 12.0. The summed E-state index contributed by atoms with van der Waals surface area (Å²) < 4.78 is 1.92. The van der Waals surface area contributed by atoms with Gasteiger partial charge < -0.3 is 0 Å². The van der Waals surface area contributed by atoms with Crippen molar-refractivity contribution in [1.82, 2.24) is 9.66 Å². The predicted molar refractivity (Wildman–Crippen MR) is 120 cm³/mol. The molecule has 0 spiro atoms. The highest BCUT2D eigenvalue weighted by molar-refractivity contribution is 7.07. The van der Waals surface area contributed by atoms with Crippen molar-refractivity contribution in [2.24, 2.45) is 10.1 Å². The van der Waals surface area contributed by atoms with Crippen LogP contribution in [0, 0.1) is 13.8 Å². The Hall–Kier alpha value is -3.31. The van der Waals surface area contributed by atoms with Gasteiger partial charge in [0.25, 0.3) is 0 Å². The summed E-state index contributed by atoms with van der Waals surface area (Å²) in [5.41, 5.74) is 6.84. The molecule has 0 saturated carbocycles. The summed E-state index contributed by atoms with van der Waals surface area (Å²) in [5.74, 6) is 0. The topological polar surface area (TPSA) is 42.5 Å². The molecule has 5 heteroatoms. The van der Waals surface area contributed by atoms with Crippen LogP contribution in [0.1, 0.15) is 22.3 Å². The number of nitrogens with zero attached hydrogens (tertiary/aromatic N) is 4. The molecule has 0 N–H and O–H groups in total. The maximum absolute atomic E-state index is 4.83. The summed E-state index contributed by atoms with van der Waals surface area (Å²) >= 11 is 1.60. The molecule has 0 unspecified atom stereocenters. The van der Waals surface area contributed by atoms with E-state index in [1.807, 2.05) is 41.2 Å². The van der Waals surface area contributed by atoms with Gasteiger partial charge in [0.15, 0.2) is 0 Å². The molecule has 2 aromatic carbocycles. The van der Waals surface area contributed by atoms with Gasteiger partial charge in [-0.05, 0) is 42.7 Å². The molecule has 4 rings (SSSR count). The van der Waals surface area contributed by atoms with Gasteiger partial charge in [0.1, 0.15) is 0 Å². The molecule has 0 aliphatic heterocycles. The van der Waals surface area contributed by atoms with Crippen molar-refractivity contribution in [3.05, 3.63) is 105 Å². The summed E-state index contributed by atoms with van der Waals surface area (Å²) in [6.07, 6.45) is 5.38. The first-order valence-electron chi connectivity index (χ1n) is 9.48. The zero-order valence-corrected chi connectivity index (χ0v) is 17.3. The maximum Gasteiger partial charge on any atom is 0.206 e. The lowest BCUT2D eigenvalue weighted by atomic mass is 10.1. The number of aryl methyl sites for hydroxylation is 2. The molecule has 0 bridgehead atoms. The molecular weight excluding hydrogens is 376 g/mol. The van der Waals surface area contributed by atoms with Gasteiger partial charge in [-0.1, -0.05) is 48.5 Å². The summed E-state index contributed by atoms with van der Waals surface area (Å²) in [4.78, 5) is 9.85. The fourth-order valence-electron chi connectivity index (χ4n) is 2.94. The van der Waals surface area contributed by atoms with Crippen LogP contribution in [0.2, 0.25) is 0 Å². The third-order valence-corrected chi connectivity index (χ3v) is 5.59. The van der Waals surface area contributed by atoms with Gasteiger partial charge in [0.05, 0.1) is 18.5 Å². The first-order valence-corrected chi connectivity index (χ1v) is 10.4. The van der Waals surface area contributed by atoms with Crippen LogP contribution in [0.25, 0.3) is 11.3 Å². The molecule has 0 amide bonds. The van der Waals surface area contributed by atoms with E-state index in [1.165, 1.54) is 16.7 Å². The third kappa shape index (κ3) is 4.58. The highest BCUT2D eigenvalue weighted by Crippen LogP contribution is 2.23. The Labute approximate surface area is 174 Å². The van der Waals surface area contributed by atoms with E-state index < -0.39 is 0 Å². The average Bonchev–Trinajstić information content (AvgIpc) is 3.17. The highest BCUT2D eigenvalue weighted by atomic mass is 32.1. The van der Waals surface area contributed by atoms with Crippen molar-refractivity contribution in [1.29, 1.82) is 0 Å². The molecular formula is C24H22N4S. The van der Waals surface area contributed by atoms with E-state index in [-0.39, 0.29) is 0 Å². The van der Waals surface area contributed by atoms with Crippen LogP contribution in [-0.4, -0.2) is 15.9 Å². The number of thiazole rings is 1. The maximum atomic E-state index is 4.83. The van der Waals surface area contributed by atoms with Crippen molar-refractivity contribution in [2.75, 3.05) is 0 Å². The number of pyridine rings is 1. The second kappa shape index (κ2) is 8.80. The Kier molecular flexibility index (Phi) is 5.77. The van der Waals surface area contributed by atoms with E-state index in [9.17, 15) is 0 Å². The molecule has 0 fully saturated rings. The number of aromatic nitrogens is 2. The minimum absolute atomic E-state index is 0.621. The molecule has 0 saturated heterocycles. The Morgan fingerprint density at radius 2 is 1.86 bits per heavy atom. The second-order valence-electron chi connectivity index (χ2n) is 6.85. The largest absolute Gasteiger partial charge is 0.264 e. The summed E-state index contributed by atoms with van der Waals surface area (Å²) in [6, 6.07) is 20.7. The summed E-state index contributed by atoms with van der Waals surface area (Å²) in [5, 5.41) is 6.87. The summed E-state index contributed by atoms with van der Waals surface area (Å²) in [7, 11) is 0. The van der Waals surface area contributed by atoms with E-state index in [2.05, 4.69) is 54.5 Å². The third-order valence-electron chi connectivity index (χ3n) is 4.73. The number of hydrogen-bond acceptors (Lipinski definition) is 4. The lowest BCUT2D eigenvalue weighted by Gasteiger charge is -2.06. The minimum Gasteiger partial charge on any atom is -0.264 e. The van der Waals surface area contributed by atoms with Crippen molar-refractivity contribution in [3.8, 4) is 11.3 Å². The molecule has 0 atom stereocenters. The average molecular weight is 399 g/mol. The number of benzene rings is 2. The Morgan fingerprint density at radius 3 is 2.62 bits per heavy atom. The van der Waals surface area contributed by atoms with Gasteiger partial charge in [-0.3, -0.25) is 9.98 Å². The van der Waals surface area contributed by atoms with Crippen LogP contribution in [-0.2, 0) is 6.54 Å². The SMILES string of the molecule is Cc1ccc(-c2csc(=NCc3ccccc3)n2N=Cc2cccnc2)cc1C. The predicted octanol–water partition coefficient (Wildman–Crippen LogP) is 5.21. The van der Waals surface area contributed by atoms with Gasteiger partial charge in [-0.25, -0.2) is 4.68 Å². The summed E-state index contributed by atoms with van der Waals surface area (Å²) in [6.45, 7) is 4.88. The fraction of sp³-hybridized carbons (Fsp3) is 0.125. The van der Waals surface area contributed by atoms with Crippen molar-refractivity contribution >= 4 is 17.6 Å². The molecule has 4 nitrogen and oxygen atoms in total. The second-order valence-corrected chi connectivity index (χ2v) is 7.68. The lowest BCUT2D eigenvalue weighted by Crippen LogP contribution is -2.12. The Balaban J connectivity index is 1.77. The van der Waals surface area contributed by atoms with Gasteiger partial charge in [0.2, 0.25) is 4.80 Å². The fourth-order valence-corrected chi connectivity index (χ4v) is 3.77. The first-order chi connectivity index (χ1) is 14.2. The van der Waals surface area contributed by atoms with E-state index in [1.54, 1.807) is 23.7 Å². The van der Waals surface area contributed by atoms with Crippen LogP contribution in [0.15, 0.2) is 88.5 Å². The molecule has 0 aliphatic rings. The molecule has 29 heavy (non-hydrogen) atoms. The van der Waals surface area contributed by atoms with Gasteiger partial charge >= 0.3 is 0 Å². The number of hydrogen-bond donors (Lipinski definition) is 0. The molecule has 2 aromatic heterocycles. The number of rotatable bonds is 5. The van der Waals surface area contributed by atoms with Crippen molar-refractivity contribution in [2.45, 2.75) is 20.4 Å². The Morgan fingerprint density at radius 1 is 1.00 bits per heavy atom. The Bertz CT molecular complexity index is 1190. The van der Waals surface area contributed by atoms with Crippen LogP contribution < -0.4 is 4.80 Å². The standard InChI is InChI=1S/C24H22N4S/c1-18-10-11-22(13-19(18)2)23-17-29-24(26-15-20-7-4-3-5-8-20)28(23)27-16-21-9-6-12-25-14-21/h3-14,16-17H,15H2,1-2H3. The van der Waals surface area contributed by atoms with Gasteiger partial charge in [-0.15, -0.1) is 11.3 Å².